The number of aliphatic hydroxyl groups is 4. The van der Waals surface area contributed by atoms with E-state index in [9.17, 15) is 0 Å². The van der Waals surface area contributed by atoms with Crippen molar-refractivity contribution in [2.75, 3.05) is 6.61 Å². The molecule has 0 aromatic rings. The maximum absolute atomic E-state index is 9.05. The van der Waals surface area contributed by atoms with Gasteiger partial charge in [-0.05, 0) is 6.92 Å². The van der Waals surface area contributed by atoms with E-state index in [0.29, 0.717) is 0 Å². The molecule has 0 aliphatic rings. The van der Waals surface area contributed by atoms with Crippen LogP contribution < -0.4 is 5.73 Å². The minimum atomic E-state index is -1.39. The first-order valence-electron chi connectivity index (χ1n) is 3.41. The van der Waals surface area contributed by atoms with Crippen molar-refractivity contribution in [2.45, 2.75) is 31.3 Å². The predicted octanol–water partition coefficient (Wildman–Crippen LogP) is -2.17. The fourth-order valence-electron chi connectivity index (χ4n) is 0.647. The molecule has 0 saturated carbocycles. The molecule has 12 heavy (non-hydrogen) atoms. The molecule has 0 aromatic carbocycles. The molecule has 0 bridgehead atoms. The maximum Gasteiger partial charge on any atom is 0.109 e. The first-order chi connectivity index (χ1) is 5.00. The highest BCUT2D eigenvalue weighted by atomic mass is 35.5. The van der Waals surface area contributed by atoms with Gasteiger partial charge in [-0.15, -0.1) is 12.4 Å². The molecule has 0 rings (SSSR count). The van der Waals surface area contributed by atoms with Crippen LogP contribution in [0.4, 0.5) is 0 Å². The molecule has 0 aliphatic heterocycles. The zero-order chi connectivity index (χ0) is 9.02. The van der Waals surface area contributed by atoms with Crippen LogP contribution in [0.3, 0.4) is 0 Å². The quantitative estimate of drug-likeness (QED) is 0.356. The molecular formula is C6H16ClNO4. The fourth-order valence-corrected chi connectivity index (χ4v) is 0.647. The second-order valence-corrected chi connectivity index (χ2v) is 2.59. The number of halogens is 1. The van der Waals surface area contributed by atoms with Gasteiger partial charge in [0.25, 0.3) is 0 Å². The Morgan fingerprint density at radius 2 is 1.58 bits per heavy atom. The number of hydrogen-bond acceptors (Lipinski definition) is 5. The van der Waals surface area contributed by atoms with Gasteiger partial charge in [0.15, 0.2) is 0 Å². The molecule has 6 N–H and O–H groups in total. The van der Waals surface area contributed by atoms with Crippen molar-refractivity contribution in [2.24, 2.45) is 5.73 Å². The molecule has 6 heteroatoms. The van der Waals surface area contributed by atoms with Crippen LogP contribution >= 0.6 is 12.4 Å². The monoisotopic (exact) mass is 201 g/mol. The predicted molar refractivity (Wildman–Crippen MR) is 46.0 cm³/mol. The summed E-state index contributed by atoms with van der Waals surface area (Å²) in [4.78, 5) is 0. The first kappa shape index (κ1) is 14.6. The Morgan fingerprint density at radius 1 is 1.17 bits per heavy atom. The lowest BCUT2D eigenvalue weighted by atomic mass is 10.0. The minimum Gasteiger partial charge on any atom is -0.394 e. The molecule has 0 aliphatic carbocycles. The molecule has 0 amide bonds. The first-order valence-corrected chi connectivity index (χ1v) is 3.41. The number of nitrogens with two attached hydrogens (primary N) is 1. The van der Waals surface area contributed by atoms with Crippen molar-refractivity contribution >= 4 is 12.4 Å². The van der Waals surface area contributed by atoms with E-state index in [1.807, 2.05) is 0 Å². The molecule has 76 valence electrons. The van der Waals surface area contributed by atoms with Gasteiger partial charge in [0, 0.05) is 6.04 Å². The summed E-state index contributed by atoms with van der Waals surface area (Å²) in [5.74, 6) is 0. The Bertz CT molecular complexity index is 114. The van der Waals surface area contributed by atoms with Crippen molar-refractivity contribution in [3.63, 3.8) is 0 Å². The zero-order valence-corrected chi connectivity index (χ0v) is 7.61. The average Bonchev–Trinajstić information content (AvgIpc) is 2.00. The van der Waals surface area contributed by atoms with Crippen LogP contribution in [-0.4, -0.2) is 51.4 Å². The molecule has 0 unspecified atom stereocenters. The van der Waals surface area contributed by atoms with Crippen molar-refractivity contribution < 1.29 is 20.4 Å². The van der Waals surface area contributed by atoms with Crippen LogP contribution in [0.15, 0.2) is 0 Å². The van der Waals surface area contributed by atoms with E-state index in [0.717, 1.165) is 0 Å². The van der Waals surface area contributed by atoms with Gasteiger partial charge in [-0.25, -0.2) is 0 Å². The van der Waals surface area contributed by atoms with Gasteiger partial charge in [-0.3, -0.25) is 0 Å². The summed E-state index contributed by atoms with van der Waals surface area (Å²) < 4.78 is 0. The maximum atomic E-state index is 9.05. The molecule has 5 nitrogen and oxygen atoms in total. The van der Waals surface area contributed by atoms with E-state index in [2.05, 4.69) is 0 Å². The lowest BCUT2D eigenvalue weighted by Crippen LogP contribution is -2.47. The molecule has 0 saturated heterocycles. The summed E-state index contributed by atoms with van der Waals surface area (Å²) in [5.41, 5.74) is 5.23. The largest absolute Gasteiger partial charge is 0.394 e. The second kappa shape index (κ2) is 6.59. The van der Waals surface area contributed by atoms with Crippen LogP contribution in [-0.2, 0) is 0 Å². The van der Waals surface area contributed by atoms with Crippen molar-refractivity contribution in [3.8, 4) is 0 Å². The summed E-state index contributed by atoms with van der Waals surface area (Å²) in [5, 5.41) is 35.3. The Morgan fingerprint density at radius 3 is 1.83 bits per heavy atom. The van der Waals surface area contributed by atoms with E-state index in [-0.39, 0.29) is 12.4 Å². The second-order valence-electron chi connectivity index (χ2n) is 2.59. The number of rotatable bonds is 4. The van der Waals surface area contributed by atoms with Gasteiger partial charge in [0.05, 0.1) is 12.7 Å². The lowest BCUT2D eigenvalue weighted by molar-refractivity contribution is -0.0815. The number of hydrogen-bond donors (Lipinski definition) is 5. The smallest absolute Gasteiger partial charge is 0.109 e. The topological polar surface area (TPSA) is 107 Å². The van der Waals surface area contributed by atoms with Gasteiger partial charge < -0.3 is 26.2 Å². The molecular weight excluding hydrogens is 186 g/mol. The highest BCUT2D eigenvalue weighted by molar-refractivity contribution is 5.85. The fraction of sp³-hybridized carbons (Fsp3) is 1.00. The Labute approximate surface area is 77.2 Å². The SMILES string of the molecule is C[C@H](N)[C@@H](O)[C@H](O)[C@H](O)CO.Cl. The Hall–Kier alpha value is 0.0900. The molecule has 0 spiro atoms. The summed E-state index contributed by atoms with van der Waals surface area (Å²) in [7, 11) is 0. The van der Waals surface area contributed by atoms with Crippen molar-refractivity contribution in [1.82, 2.24) is 0 Å². The highest BCUT2D eigenvalue weighted by Gasteiger charge is 2.26. The van der Waals surface area contributed by atoms with Crippen LogP contribution in [0, 0.1) is 0 Å². The minimum absolute atomic E-state index is 0. The molecule has 0 fully saturated rings. The van der Waals surface area contributed by atoms with E-state index in [4.69, 9.17) is 26.2 Å². The summed E-state index contributed by atoms with van der Waals surface area (Å²) in [6, 6.07) is -0.633. The summed E-state index contributed by atoms with van der Waals surface area (Å²) in [6.07, 6.45) is -3.94. The third-order valence-electron chi connectivity index (χ3n) is 1.47. The van der Waals surface area contributed by atoms with Gasteiger partial charge >= 0.3 is 0 Å². The third kappa shape index (κ3) is 4.20. The zero-order valence-electron chi connectivity index (χ0n) is 6.79. The van der Waals surface area contributed by atoms with E-state index < -0.39 is 31.0 Å². The van der Waals surface area contributed by atoms with Crippen molar-refractivity contribution in [1.29, 1.82) is 0 Å². The Kier molecular flexibility index (Phi) is 8.02. The van der Waals surface area contributed by atoms with Gasteiger partial charge in [0.2, 0.25) is 0 Å². The molecule has 4 atom stereocenters. The Balaban J connectivity index is 0. The van der Waals surface area contributed by atoms with Gasteiger partial charge in [-0.1, -0.05) is 0 Å². The highest BCUT2D eigenvalue weighted by Crippen LogP contribution is 2.02. The van der Waals surface area contributed by atoms with Crippen LogP contribution in [0.25, 0.3) is 0 Å². The third-order valence-corrected chi connectivity index (χ3v) is 1.47. The van der Waals surface area contributed by atoms with Crippen molar-refractivity contribution in [3.05, 3.63) is 0 Å². The molecule has 0 heterocycles. The van der Waals surface area contributed by atoms with E-state index >= 15 is 0 Å². The lowest BCUT2D eigenvalue weighted by Gasteiger charge is -2.23. The van der Waals surface area contributed by atoms with Crippen LogP contribution in [0.2, 0.25) is 0 Å². The van der Waals surface area contributed by atoms with E-state index in [1.165, 1.54) is 6.92 Å². The molecule has 0 radical (unpaired) electrons. The average molecular weight is 202 g/mol. The van der Waals surface area contributed by atoms with Crippen LogP contribution in [0.1, 0.15) is 6.92 Å². The van der Waals surface area contributed by atoms with Gasteiger partial charge in [0.1, 0.15) is 12.2 Å². The normalized spacial score (nSPS) is 20.5. The summed E-state index contributed by atoms with van der Waals surface area (Å²) in [6.45, 7) is 0.906. The van der Waals surface area contributed by atoms with Crippen LogP contribution in [0.5, 0.6) is 0 Å². The van der Waals surface area contributed by atoms with Gasteiger partial charge in [-0.2, -0.15) is 0 Å². The summed E-state index contributed by atoms with van der Waals surface area (Å²) >= 11 is 0. The van der Waals surface area contributed by atoms with E-state index in [1.54, 1.807) is 0 Å². The standard InChI is InChI=1S/C6H15NO4.ClH/c1-3(7)5(10)6(11)4(9)2-8;/h3-6,8-11H,2,7H2,1H3;1H/t3-,4+,5+,6+;/m0./s1. The number of aliphatic hydroxyl groups excluding tert-OH is 4. The molecule has 0 aromatic heterocycles.